The number of carbonyl (C=O) groups excluding carboxylic acids is 3. The Labute approximate surface area is 243 Å². The van der Waals surface area contributed by atoms with Gasteiger partial charge in [-0.1, -0.05) is 72.3 Å². The van der Waals surface area contributed by atoms with Gasteiger partial charge in [0, 0.05) is 11.7 Å². The first kappa shape index (κ1) is 32.8. The van der Waals surface area contributed by atoms with E-state index in [4.69, 9.17) is 0 Å². The van der Waals surface area contributed by atoms with Gasteiger partial charge < -0.3 is 21.3 Å². The Balaban J connectivity index is 0.000000417. The van der Waals surface area contributed by atoms with Gasteiger partial charge in [-0.2, -0.15) is 0 Å². The molecule has 1 atom stereocenters. The molecule has 4 N–H and O–H groups in total. The molecule has 3 amide bonds. The lowest BCUT2D eigenvalue weighted by molar-refractivity contribution is -0.131. The molecule has 0 aromatic heterocycles. The molecule has 7 nitrogen and oxygen atoms in total. The molecule has 1 heterocycles. The van der Waals surface area contributed by atoms with Crippen LogP contribution < -0.4 is 21.3 Å². The molecular formula is C32H44N4O3S. The van der Waals surface area contributed by atoms with Gasteiger partial charge in [-0.05, 0) is 81.3 Å². The van der Waals surface area contributed by atoms with E-state index in [1.165, 1.54) is 16.3 Å². The van der Waals surface area contributed by atoms with Gasteiger partial charge in [0.2, 0.25) is 18.2 Å². The summed E-state index contributed by atoms with van der Waals surface area (Å²) in [4.78, 5) is 35.8. The number of carbonyl (C=O) groups is 3. The minimum absolute atomic E-state index is 0.0337. The van der Waals surface area contributed by atoms with Crippen molar-refractivity contribution in [1.29, 1.82) is 0 Å². The van der Waals surface area contributed by atoms with Crippen molar-refractivity contribution in [1.82, 2.24) is 21.3 Å². The molecule has 3 rings (SSSR count). The molecule has 0 aliphatic carbocycles. The Morgan fingerprint density at radius 1 is 1.05 bits per heavy atom. The van der Waals surface area contributed by atoms with E-state index in [2.05, 4.69) is 82.1 Å². The topological polar surface area (TPSA) is 99.3 Å². The van der Waals surface area contributed by atoms with Crippen molar-refractivity contribution in [3.63, 3.8) is 0 Å². The Bertz CT molecular complexity index is 1150. The van der Waals surface area contributed by atoms with Crippen molar-refractivity contribution in [2.45, 2.75) is 52.5 Å². The molecule has 1 aliphatic rings. The summed E-state index contributed by atoms with van der Waals surface area (Å²) >= 11 is 1.66. The van der Waals surface area contributed by atoms with E-state index < -0.39 is 6.04 Å². The third-order valence-corrected chi connectivity index (χ3v) is 7.44. The monoisotopic (exact) mass is 564 g/mol. The van der Waals surface area contributed by atoms with Crippen molar-refractivity contribution in [3.8, 4) is 0 Å². The van der Waals surface area contributed by atoms with E-state index in [-0.39, 0.29) is 24.4 Å². The predicted molar refractivity (Wildman–Crippen MR) is 168 cm³/mol. The molecule has 1 aliphatic heterocycles. The van der Waals surface area contributed by atoms with E-state index in [1.807, 2.05) is 32.1 Å². The molecule has 1 fully saturated rings. The Morgan fingerprint density at radius 2 is 1.77 bits per heavy atom. The van der Waals surface area contributed by atoms with Gasteiger partial charge in [-0.15, -0.1) is 11.8 Å². The number of hydrogen-bond acceptors (Lipinski definition) is 5. The summed E-state index contributed by atoms with van der Waals surface area (Å²) in [6.45, 7) is 7.74. The van der Waals surface area contributed by atoms with Crippen molar-refractivity contribution in [2.24, 2.45) is 5.92 Å². The van der Waals surface area contributed by atoms with E-state index in [0.717, 1.165) is 43.7 Å². The maximum atomic E-state index is 12.7. The number of amides is 3. The van der Waals surface area contributed by atoms with Crippen LogP contribution in [0, 0.1) is 12.8 Å². The molecule has 8 heteroatoms. The first-order valence-corrected chi connectivity index (χ1v) is 15.0. The van der Waals surface area contributed by atoms with Crippen LogP contribution in [0.4, 0.5) is 0 Å². The van der Waals surface area contributed by atoms with Gasteiger partial charge in [0.25, 0.3) is 0 Å². The van der Waals surface area contributed by atoms with Crippen LogP contribution in [0.15, 0.2) is 77.7 Å². The summed E-state index contributed by atoms with van der Waals surface area (Å²) in [7, 11) is 0. The Hall–Kier alpha value is -3.36. The Morgan fingerprint density at radius 3 is 2.48 bits per heavy atom. The summed E-state index contributed by atoms with van der Waals surface area (Å²) in [5.74, 6) is 0.400. The van der Waals surface area contributed by atoms with Gasteiger partial charge in [-0.25, -0.2) is 0 Å². The minimum atomic E-state index is -0.676. The number of benzene rings is 2. The average molecular weight is 565 g/mol. The molecule has 0 spiro atoms. The second-order valence-electron chi connectivity index (χ2n) is 9.58. The van der Waals surface area contributed by atoms with Gasteiger partial charge in [0.1, 0.15) is 6.04 Å². The zero-order chi connectivity index (χ0) is 29.0. The quantitative estimate of drug-likeness (QED) is 0.119. The summed E-state index contributed by atoms with van der Waals surface area (Å²) in [6, 6.07) is 14.1. The summed E-state index contributed by atoms with van der Waals surface area (Å²) in [6.07, 6.45) is 11.3. The summed E-state index contributed by atoms with van der Waals surface area (Å²) in [5.41, 5.74) is 2.43. The summed E-state index contributed by atoms with van der Waals surface area (Å²) in [5, 5.41) is 16.0. The molecule has 216 valence electrons. The highest BCUT2D eigenvalue weighted by Crippen LogP contribution is 2.19. The molecule has 0 radical (unpaired) electrons. The zero-order valence-electron chi connectivity index (χ0n) is 24.0. The van der Waals surface area contributed by atoms with Crippen LogP contribution in [0.2, 0.25) is 0 Å². The number of rotatable bonds is 13. The third-order valence-electron chi connectivity index (χ3n) is 6.56. The van der Waals surface area contributed by atoms with Gasteiger partial charge in [-0.3, -0.25) is 14.4 Å². The van der Waals surface area contributed by atoms with Crippen LogP contribution >= 0.6 is 11.8 Å². The third kappa shape index (κ3) is 12.2. The molecule has 0 bridgehead atoms. The van der Waals surface area contributed by atoms with E-state index >= 15 is 0 Å². The molecule has 2 aromatic carbocycles. The molecule has 0 saturated carbocycles. The van der Waals surface area contributed by atoms with Crippen LogP contribution in [0.1, 0.15) is 45.1 Å². The number of allylic oxidation sites excluding steroid dienone is 3. The number of fused-ring (bicyclic) bond motifs is 1. The molecule has 2 aromatic rings. The lowest BCUT2D eigenvalue weighted by Gasteiger charge is -2.25. The summed E-state index contributed by atoms with van der Waals surface area (Å²) < 4.78 is 0. The second kappa shape index (κ2) is 19.7. The van der Waals surface area contributed by atoms with Crippen LogP contribution in [-0.2, 0) is 14.4 Å². The molecule has 1 saturated heterocycles. The predicted octanol–water partition coefficient (Wildman–Crippen LogP) is 4.99. The normalized spacial score (nSPS) is 14.9. The largest absolute Gasteiger partial charge is 0.344 e. The van der Waals surface area contributed by atoms with Crippen LogP contribution in [0.3, 0.4) is 0 Å². The first-order valence-electron chi connectivity index (χ1n) is 13.9. The van der Waals surface area contributed by atoms with Crippen molar-refractivity contribution < 1.29 is 14.4 Å². The van der Waals surface area contributed by atoms with Gasteiger partial charge >= 0.3 is 0 Å². The smallest absolute Gasteiger partial charge is 0.244 e. The van der Waals surface area contributed by atoms with Crippen LogP contribution in [0.25, 0.3) is 10.8 Å². The number of aryl methyl sites for hydroxylation is 1. The van der Waals surface area contributed by atoms with Crippen molar-refractivity contribution >= 4 is 40.8 Å². The highest BCUT2D eigenvalue weighted by molar-refractivity contribution is 8.02. The molecule has 40 heavy (non-hydrogen) atoms. The Kier molecular flexibility index (Phi) is 16.1. The highest BCUT2D eigenvalue weighted by Gasteiger charge is 2.27. The van der Waals surface area contributed by atoms with Gasteiger partial charge in [0.15, 0.2) is 0 Å². The van der Waals surface area contributed by atoms with Crippen LogP contribution in [-0.4, -0.2) is 49.8 Å². The fraction of sp³-hybridized carbons (Fsp3) is 0.406. The highest BCUT2D eigenvalue weighted by atomic mass is 32.2. The SMILES string of the molecule is C/C=C\CS/C=C(\C/C=C\C)CC(NC(=O)C1CCNCC1)C(=O)NCNC=O.Cc1cccc2ccccc12. The second-order valence-corrected chi connectivity index (χ2v) is 10.5. The number of hydrogen-bond donors (Lipinski definition) is 4. The molecular weight excluding hydrogens is 520 g/mol. The standard InChI is InChI=1S/C21H34N4O3S.C11H10/c1-3-5-7-17(14-29-12-6-4-2)13-19(21(28)24-15-23-16-26)25-20(27)18-8-10-22-11-9-18;1-9-5-4-7-10-6-2-3-8-11(9)10/h3-6,14,16,18-19,22H,7-13,15H2,1-2H3,(H,23,26)(H,24,28)(H,25,27);2-8H,1H3/b5-3-,6-4-,17-14+;. The number of thioether (sulfide) groups is 1. The maximum absolute atomic E-state index is 12.7. The average Bonchev–Trinajstić information content (AvgIpc) is 2.98. The lowest BCUT2D eigenvalue weighted by Crippen LogP contribution is -2.51. The number of piperidine rings is 1. The van der Waals surface area contributed by atoms with Crippen molar-refractivity contribution in [3.05, 3.63) is 83.3 Å². The lowest BCUT2D eigenvalue weighted by atomic mass is 9.96. The minimum Gasteiger partial charge on any atom is -0.344 e. The van der Waals surface area contributed by atoms with Crippen LogP contribution in [0.5, 0.6) is 0 Å². The maximum Gasteiger partial charge on any atom is 0.244 e. The van der Waals surface area contributed by atoms with Crippen molar-refractivity contribution in [2.75, 3.05) is 25.5 Å². The van der Waals surface area contributed by atoms with Gasteiger partial charge in [0.05, 0.1) is 6.67 Å². The molecule has 1 unspecified atom stereocenters. The first-order chi connectivity index (χ1) is 19.5. The van der Waals surface area contributed by atoms with E-state index in [0.29, 0.717) is 12.8 Å². The fourth-order valence-electron chi connectivity index (χ4n) is 4.30. The van der Waals surface area contributed by atoms with E-state index in [1.54, 1.807) is 11.8 Å². The van der Waals surface area contributed by atoms with E-state index in [9.17, 15) is 14.4 Å². The number of nitrogens with one attached hydrogen (secondary N) is 4. The zero-order valence-corrected chi connectivity index (χ0v) is 24.8. The fourth-order valence-corrected chi connectivity index (χ4v) is 5.13.